The van der Waals surface area contributed by atoms with Gasteiger partial charge >= 0.3 is 17.3 Å². The molecule has 134 valence electrons. The van der Waals surface area contributed by atoms with Gasteiger partial charge in [-0.05, 0) is 18.2 Å². The molecule has 0 aliphatic rings. The number of nitro groups is 2. The van der Waals surface area contributed by atoms with Crippen molar-refractivity contribution in [1.29, 1.82) is 0 Å². The molecule has 11 heteroatoms. The maximum absolute atomic E-state index is 11.3. The number of hydrogen-bond acceptors (Lipinski definition) is 7. The predicted octanol–water partition coefficient (Wildman–Crippen LogP) is 2.90. The van der Waals surface area contributed by atoms with Gasteiger partial charge in [0.05, 0.1) is 15.4 Å². The van der Waals surface area contributed by atoms with Crippen LogP contribution in [-0.2, 0) is 4.79 Å². The van der Waals surface area contributed by atoms with Gasteiger partial charge < -0.3 is 15.7 Å². The Morgan fingerprint density at radius 2 is 1.54 bits per heavy atom. The SMILES string of the molecule is CC(=O)Nc1cccc(Nc2c([N+](=O)[O-])cc(C(=O)O)cc2[N+](=O)[O-])c1. The van der Waals surface area contributed by atoms with E-state index in [-0.39, 0.29) is 11.6 Å². The van der Waals surface area contributed by atoms with Gasteiger partial charge in [0.1, 0.15) is 0 Å². The van der Waals surface area contributed by atoms with Crippen molar-refractivity contribution in [2.45, 2.75) is 6.92 Å². The fourth-order valence-corrected chi connectivity index (χ4v) is 2.17. The summed E-state index contributed by atoms with van der Waals surface area (Å²) in [4.78, 5) is 42.9. The maximum atomic E-state index is 11.3. The minimum Gasteiger partial charge on any atom is -0.478 e. The summed E-state index contributed by atoms with van der Waals surface area (Å²) in [6, 6.07) is 7.44. The van der Waals surface area contributed by atoms with Crippen molar-refractivity contribution < 1.29 is 24.5 Å². The lowest BCUT2D eigenvalue weighted by Gasteiger charge is -2.10. The van der Waals surface area contributed by atoms with Crippen LogP contribution in [0.2, 0.25) is 0 Å². The number of nitrogens with zero attached hydrogens (tertiary/aromatic N) is 2. The lowest BCUT2D eigenvalue weighted by Crippen LogP contribution is -2.07. The van der Waals surface area contributed by atoms with Gasteiger partial charge in [-0.2, -0.15) is 0 Å². The Balaban J connectivity index is 2.57. The van der Waals surface area contributed by atoms with Crippen molar-refractivity contribution in [3.63, 3.8) is 0 Å². The van der Waals surface area contributed by atoms with Crippen LogP contribution in [-0.4, -0.2) is 26.8 Å². The van der Waals surface area contributed by atoms with Crippen molar-refractivity contribution in [3.05, 3.63) is 62.2 Å². The third-order valence-electron chi connectivity index (χ3n) is 3.19. The third-order valence-corrected chi connectivity index (χ3v) is 3.19. The summed E-state index contributed by atoms with van der Waals surface area (Å²) in [5.41, 5.74) is -1.98. The summed E-state index contributed by atoms with van der Waals surface area (Å²) in [6.07, 6.45) is 0. The smallest absolute Gasteiger partial charge is 0.336 e. The molecular formula is C15H12N4O7. The van der Waals surface area contributed by atoms with Gasteiger partial charge in [-0.15, -0.1) is 0 Å². The van der Waals surface area contributed by atoms with Gasteiger partial charge in [-0.25, -0.2) is 4.79 Å². The van der Waals surface area contributed by atoms with E-state index in [0.717, 1.165) is 12.1 Å². The molecule has 0 saturated carbocycles. The van der Waals surface area contributed by atoms with Crippen LogP contribution in [0.3, 0.4) is 0 Å². The fraction of sp³-hybridized carbons (Fsp3) is 0.0667. The highest BCUT2D eigenvalue weighted by Crippen LogP contribution is 2.38. The number of hydrogen-bond donors (Lipinski definition) is 3. The molecule has 1 amide bonds. The highest BCUT2D eigenvalue weighted by atomic mass is 16.6. The number of carboxylic acids is 1. The molecule has 2 rings (SSSR count). The second kappa shape index (κ2) is 7.25. The number of carbonyl (C=O) groups is 2. The molecule has 0 spiro atoms. The summed E-state index contributed by atoms with van der Waals surface area (Å²) in [6.45, 7) is 1.29. The monoisotopic (exact) mass is 360 g/mol. The predicted molar refractivity (Wildman–Crippen MR) is 90.7 cm³/mol. The van der Waals surface area contributed by atoms with E-state index in [1.54, 1.807) is 6.07 Å². The lowest BCUT2D eigenvalue weighted by atomic mass is 10.1. The van der Waals surface area contributed by atoms with E-state index in [9.17, 15) is 29.8 Å². The van der Waals surface area contributed by atoms with Gasteiger partial charge in [0.2, 0.25) is 5.91 Å². The molecule has 11 nitrogen and oxygen atoms in total. The van der Waals surface area contributed by atoms with Crippen LogP contribution < -0.4 is 10.6 Å². The minimum absolute atomic E-state index is 0.227. The van der Waals surface area contributed by atoms with E-state index in [1.165, 1.54) is 25.1 Å². The minimum atomic E-state index is -1.53. The molecule has 0 aliphatic heterocycles. The highest BCUT2D eigenvalue weighted by molar-refractivity contribution is 5.94. The van der Waals surface area contributed by atoms with Gasteiger partial charge in [0.25, 0.3) is 0 Å². The van der Waals surface area contributed by atoms with Crippen molar-refractivity contribution in [3.8, 4) is 0 Å². The Kier molecular flexibility index (Phi) is 5.11. The van der Waals surface area contributed by atoms with Crippen LogP contribution in [0.25, 0.3) is 0 Å². The zero-order valence-corrected chi connectivity index (χ0v) is 13.3. The van der Waals surface area contributed by atoms with Crippen molar-refractivity contribution in [1.82, 2.24) is 0 Å². The molecule has 2 aromatic carbocycles. The summed E-state index contributed by atoms with van der Waals surface area (Å²) in [5.74, 6) is -1.87. The van der Waals surface area contributed by atoms with E-state index < -0.39 is 38.4 Å². The Morgan fingerprint density at radius 1 is 1.00 bits per heavy atom. The van der Waals surface area contributed by atoms with Crippen LogP contribution in [0.5, 0.6) is 0 Å². The first-order valence-electron chi connectivity index (χ1n) is 7.04. The molecule has 0 bridgehead atoms. The van der Waals surface area contributed by atoms with Crippen molar-refractivity contribution >= 4 is 40.3 Å². The van der Waals surface area contributed by atoms with E-state index >= 15 is 0 Å². The molecule has 3 N–H and O–H groups in total. The number of nitro benzene ring substituents is 2. The molecule has 0 aromatic heterocycles. The molecule has 0 heterocycles. The molecule has 0 aliphatic carbocycles. The van der Waals surface area contributed by atoms with Crippen LogP contribution in [0, 0.1) is 20.2 Å². The summed E-state index contributed by atoms with van der Waals surface area (Å²) in [7, 11) is 0. The summed E-state index contributed by atoms with van der Waals surface area (Å²) >= 11 is 0. The Labute approximate surface area is 145 Å². The first kappa shape index (κ1) is 18.3. The van der Waals surface area contributed by atoms with E-state index in [2.05, 4.69) is 10.6 Å². The van der Waals surface area contributed by atoms with Gasteiger partial charge in [0.15, 0.2) is 5.69 Å². The Morgan fingerprint density at radius 3 is 2.00 bits per heavy atom. The van der Waals surface area contributed by atoms with Crippen LogP contribution in [0.4, 0.5) is 28.4 Å². The Hall–Kier alpha value is -4.02. The first-order chi connectivity index (χ1) is 12.2. The maximum Gasteiger partial charge on any atom is 0.336 e. The fourth-order valence-electron chi connectivity index (χ4n) is 2.17. The van der Waals surface area contributed by atoms with Gasteiger partial charge in [0, 0.05) is 30.4 Å². The standard InChI is InChI=1S/C15H12N4O7/c1-8(20)16-10-3-2-4-11(7-10)17-14-12(18(23)24)5-9(15(21)22)6-13(14)19(25)26/h2-7,17H,1H3,(H,16,20)(H,21,22). The van der Waals surface area contributed by atoms with Crippen LogP contribution in [0.15, 0.2) is 36.4 Å². The number of benzene rings is 2. The number of aromatic carboxylic acids is 1. The molecular weight excluding hydrogens is 348 g/mol. The van der Waals surface area contributed by atoms with E-state index in [0.29, 0.717) is 5.69 Å². The molecule has 26 heavy (non-hydrogen) atoms. The summed E-state index contributed by atoms with van der Waals surface area (Å²) in [5, 5.41) is 36.6. The molecule has 0 unspecified atom stereocenters. The third kappa shape index (κ3) is 4.08. The van der Waals surface area contributed by atoms with E-state index in [1.807, 2.05) is 0 Å². The van der Waals surface area contributed by atoms with Crippen LogP contribution >= 0.6 is 0 Å². The normalized spacial score (nSPS) is 10.0. The molecule has 0 atom stereocenters. The second-order valence-electron chi connectivity index (χ2n) is 5.10. The van der Waals surface area contributed by atoms with Gasteiger partial charge in [-0.3, -0.25) is 25.0 Å². The molecule has 0 radical (unpaired) electrons. The Bertz CT molecular complexity index is 891. The molecule has 0 fully saturated rings. The van der Waals surface area contributed by atoms with Crippen molar-refractivity contribution in [2.24, 2.45) is 0 Å². The largest absolute Gasteiger partial charge is 0.478 e. The molecule has 2 aromatic rings. The second-order valence-corrected chi connectivity index (χ2v) is 5.10. The number of nitrogens with one attached hydrogen (secondary N) is 2. The number of amides is 1. The topological polar surface area (TPSA) is 165 Å². The molecule has 0 saturated heterocycles. The van der Waals surface area contributed by atoms with Crippen molar-refractivity contribution in [2.75, 3.05) is 10.6 Å². The zero-order chi connectivity index (χ0) is 19.4. The average molecular weight is 360 g/mol. The zero-order valence-electron chi connectivity index (χ0n) is 13.3. The number of anilines is 3. The van der Waals surface area contributed by atoms with Gasteiger partial charge in [-0.1, -0.05) is 6.07 Å². The highest BCUT2D eigenvalue weighted by Gasteiger charge is 2.28. The average Bonchev–Trinajstić information content (AvgIpc) is 2.53. The number of carboxylic acid groups (broad SMARTS) is 1. The summed E-state index contributed by atoms with van der Waals surface area (Å²) < 4.78 is 0. The quantitative estimate of drug-likeness (QED) is 0.522. The number of rotatable bonds is 6. The van der Waals surface area contributed by atoms with E-state index in [4.69, 9.17) is 5.11 Å². The lowest BCUT2D eigenvalue weighted by molar-refractivity contribution is -0.392. The number of carbonyl (C=O) groups excluding carboxylic acids is 1. The van der Waals surface area contributed by atoms with Crippen LogP contribution in [0.1, 0.15) is 17.3 Å². The first-order valence-corrected chi connectivity index (χ1v) is 7.04.